The van der Waals surface area contributed by atoms with Crippen molar-refractivity contribution in [2.75, 3.05) is 5.32 Å². The molecule has 0 spiro atoms. The van der Waals surface area contributed by atoms with Gasteiger partial charge in [0.2, 0.25) is 5.91 Å². The lowest BCUT2D eigenvalue weighted by molar-refractivity contribution is -0.119. The first kappa shape index (κ1) is 13.5. The van der Waals surface area contributed by atoms with E-state index in [9.17, 15) is 4.79 Å². The van der Waals surface area contributed by atoms with Gasteiger partial charge in [-0.3, -0.25) is 4.79 Å². The van der Waals surface area contributed by atoms with Crippen molar-refractivity contribution in [3.05, 3.63) is 58.6 Å². The zero-order valence-corrected chi connectivity index (χ0v) is 13.1. The lowest BCUT2D eigenvalue weighted by Gasteiger charge is -2.10. The summed E-state index contributed by atoms with van der Waals surface area (Å²) in [7, 11) is 0. The number of amides is 1. The van der Waals surface area contributed by atoms with Crippen LogP contribution in [0.4, 0.5) is 5.69 Å². The molecule has 1 aliphatic rings. The van der Waals surface area contributed by atoms with E-state index >= 15 is 0 Å². The van der Waals surface area contributed by atoms with Crippen LogP contribution >= 0.6 is 11.3 Å². The Kier molecular flexibility index (Phi) is 3.19. The van der Waals surface area contributed by atoms with Gasteiger partial charge in [-0.05, 0) is 49.1 Å². The van der Waals surface area contributed by atoms with Crippen molar-refractivity contribution in [2.24, 2.45) is 5.92 Å². The Labute approximate surface area is 133 Å². The second-order valence-electron chi connectivity index (χ2n) is 5.78. The number of anilines is 1. The highest BCUT2D eigenvalue weighted by atomic mass is 32.1. The average Bonchev–Trinajstić information content (AvgIpc) is 3.08. The van der Waals surface area contributed by atoms with Crippen molar-refractivity contribution in [3.8, 4) is 0 Å². The molecule has 0 unspecified atom stereocenters. The minimum absolute atomic E-state index is 0.0327. The third-order valence-corrected chi connectivity index (χ3v) is 5.14. The molecule has 110 valence electrons. The van der Waals surface area contributed by atoms with Crippen LogP contribution in [0.25, 0.3) is 10.2 Å². The van der Waals surface area contributed by atoms with Crippen LogP contribution in [0.2, 0.25) is 0 Å². The number of nitrogens with one attached hydrogen (secondary N) is 1. The maximum atomic E-state index is 12.5. The summed E-state index contributed by atoms with van der Waals surface area (Å²) in [6, 6.07) is 14.3. The van der Waals surface area contributed by atoms with Gasteiger partial charge in [0.05, 0.1) is 15.2 Å². The van der Waals surface area contributed by atoms with Crippen LogP contribution in [0.15, 0.2) is 42.5 Å². The zero-order chi connectivity index (χ0) is 15.1. The molecule has 3 nitrogen and oxygen atoms in total. The molecular weight excluding hydrogens is 292 g/mol. The van der Waals surface area contributed by atoms with E-state index in [0.717, 1.165) is 33.8 Å². The van der Waals surface area contributed by atoms with Crippen molar-refractivity contribution in [3.63, 3.8) is 0 Å². The first-order chi connectivity index (χ1) is 10.7. The van der Waals surface area contributed by atoms with E-state index in [2.05, 4.69) is 22.4 Å². The number of aromatic nitrogens is 1. The molecule has 1 amide bonds. The maximum absolute atomic E-state index is 12.5. The van der Waals surface area contributed by atoms with E-state index in [-0.39, 0.29) is 11.8 Å². The van der Waals surface area contributed by atoms with Crippen molar-refractivity contribution < 1.29 is 4.79 Å². The lowest BCUT2D eigenvalue weighted by Crippen LogP contribution is -2.23. The summed E-state index contributed by atoms with van der Waals surface area (Å²) in [6.07, 6.45) is 1.67. The minimum atomic E-state index is 0.0327. The molecule has 1 aliphatic carbocycles. The Bertz CT molecular complexity index is 843. The number of carbonyl (C=O) groups excluding carboxylic acids is 1. The van der Waals surface area contributed by atoms with Gasteiger partial charge < -0.3 is 5.32 Å². The fourth-order valence-corrected chi connectivity index (χ4v) is 3.92. The van der Waals surface area contributed by atoms with Crippen LogP contribution in [0, 0.1) is 12.8 Å². The van der Waals surface area contributed by atoms with Crippen LogP contribution in [0.1, 0.15) is 16.1 Å². The van der Waals surface area contributed by atoms with Gasteiger partial charge in [-0.1, -0.05) is 24.3 Å². The van der Waals surface area contributed by atoms with E-state index in [1.807, 2.05) is 37.3 Å². The lowest BCUT2D eigenvalue weighted by atomic mass is 10.1. The number of carbonyl (C=O) groups is 1. The SMILES string of the molecule is Cc1nc2cc(NC(=O)C3Cc4ccccc4C3)ccc2s1. The summed E-state index contributed by atoms with van der Waals surface area (Å²) in [4.78, 5) is 17.0. The molecule has 0 saturated carbocycles. The van der Waals surface area contributed by atoms with Crippen molar-refractivity contribution >= 4 is 33.1 Å². The van der Waals surface area contributed by atoms with Gasteiger partial charge in [-0.2, -0.15) is 0 Å². The molecule has 4 rings (SSSR count). The second-order valence-corrected chi connectivity index (χ2v) is 7.01. The van der Waals surface area contributed by atoms with Crippen LogP contribution in [0.3, 0.4) is 0 Å². The van der Waals surface area contributed by atoms with E-state index < -0.39 is 0 Å². The minimum Gasteiger partial charge on any atom is -0.326 e. The molecule has 3 aromatic rings. The highest BCUT2D eigenvalue weighted by Gasteiger charge is 2.27. The first-order valence-electron chi connectivity index (χ1n) is 7.44. The van der Waals surface area contributed by atoms with Crippen molar-refractivity contribution in [1.82, 2.24) is 4.98 Å². The Morgan fingerprint density at radius 2 is 1.91 bits per heavy atom. The summed E-state index contributed by atoms with van der Waals surface area (Å²) in [5.74, 6) is 0.132. The third kappa shape index (κ3) is 2.40. The number of aryl methyl sites for hydroxylation is 1. The number of fused-ring (bicyclic) bond motifs is 2. The maximum Gasteiger partial charge on any atom is 0.228 e. The Morgan fingerprint density at radius 1 is 1.18 bits per heavy atom. The number of benzene rings is 2. The van der Waals surface area contributed by atoms with Crippen molar-refractivity contribution in [2.45, 2.75) is 19.8 Å². The molecule has 0 bridgehead atoms. The molecule has 0 fully saturated rings. The molecule has 0 saturated heterocycles. The van der Waals surface area contributed by atoms with Gasteiger partial charge in [0.1, 0.15) is 0 Å². The Morgan fingerprint density at radius 3 is 2.64 bits per heavy atom. The van der Waals surface area contributed by atoms with E-state index in [1.54, 1.807) is 11.3 Å². The molecule has 4 heteroatoms. The Hall–Kier alpha value is -2.20. The highest BCUT2D eigenvalue weighted by Crippen LogP contribution is 2.28. The smallest absolute Gasteiger partial charge is 0.228 e. The summed E-state index contributed by atoms with van der Waals surface area (Å²) < 4.78 is 1.16. The fourth-order valence-electron chi connectivity index (χ4n) is 3.11. The van der Waals surface area contributed by atoms with E-state index in [4.69, 9.17) is 0 Å². The van der Waals surface area contributed by atoms with Crippen LogP contribution < -0.4 is 5.32 Å². The standard InChI is InChI=1S/C18H16N2OS/c1-11-19-16-10-15(6-7-17(16)22-11)20-18(21)14-8-12-4-2-3-5-13(12)9-14/h2-7,10,14H,8-9H2,1H3,(H,20,21). The summed E-state index contributed by atoms with van der Waals surface area (Å²) in [5, 5.41) is 4.09. The Balaban J connectivity index is 1.52. The predicted molar refractivity (Wildman–Crippen MR) is 90.3 cm³/mol. The highest BCUT2D eigenvalue weighted by molar-refractivity contribution is 7.18. The number of hydrogen-bond donors (Lipinski definition) is 1. The number of nitrogens with zero attached hydrogens (tertiary/aromatic N) is 1. The monoisotopic (exact) mass is 308 g/mol. The van der Waals surface area contributed by atoms with E-state index in [0.29, 0.717) is 0 Å². The fraction of sp³-hybridized carbons (Fsp3) is 0.222. The molecule has 1 N–H and O–H groups in total. The number of rotatable bonds is 2. The topological polar surface area (TPSA) is 42.0 Å². The number of hydrogen-bond acceptors (Lipinski definition) is 3. The van der Waals surface area contributed by atoms with Gasteiger partial charge in [-0.25, -0.2) is 4.98 Å². The zero-order valence-electron chi connectivity index (χ0n) is 12.3. The average molecular weight is 308 g/mol. The van der Waals surface area contributed by atoms with Crippen LogP contribution in [0.5, 0.6) is 0 Å². The summed E-state index contributed by atoms with van der Waals surface area (Å²) >= 11 is 1.67. The van der Waals surface area contributed by atoms with Gasteiger partial charge in [0.25, 0.3) is 0 Å². The predicted octanol–water partition coefficient (Wildman–Crippen LogP) is 3.96. The molecule has 1 heterocycles. The van der Waals surface area contributed by atoms with Gasteiger partial charge in [0.15, 0.2) is 0 Å². The van der Waals surface area contributed by atoms with Crippen molar-refractivity contribution in [1.29, 1.82) is 0 Å². The third-order valence-electron chi connectivity index (χ3n) is 4.18. The van der Waals surface area contributed by atoms with Crippen LogP contribution in [-0.4, -0.2) is 10.9 Å². The first-order valence-corrected chi connectivity index (χ1v) is 8.25. The summed E-state index contributed by atoms with van der Waals surface area (Å²) in [5.41, 5.74) is 4.38. The van der Waals surface area contributed by atoms with Crippen LogP contribution in [-0.2, 0) is 17.6 Å². The molecular formula is C18H16N2OS. The molecule has 1 aromatic heterocycles. The largest absolute Gasteiger partial charge is 0.326 e. The molecule has 0 atom stereocenters. The van der Waals surface area contributed by atoms with Gasteiger partial charge >= 0.3 is 0 Å². The molecule has 22 heavy (non-hydrogen) atoms. The second kappa shape index (κ2) is 5.21. The van der Waals surface area contributed by atoms with Gasteiger partial charge in [0, 0.05) is 11.6 Å². The summed E-state index contributed by atoms with van der Waals surface area (Å²) in [6.45, 7) is 2.00. The normalized spacial score (nSPS) is 14.2. The van der Waals surface area contributed by atoms with E-state index in [1.165, 1.54) is 11.1 Å². The molecule has 0 radical (unpaired) electrons. The molecule has 2 aromatic carbocycles. The quantitative estimate of drug-likeness (QED) is 0.778. The number of thiazole rings is 1. The molecule has 0 aliphatic heterocycles. The van der Waals surface area contributed by atoms with Gasteiger partial charge in [-0.15, -0.1) is 11.3 Å².